The SMILES string of the molecule is Cc1cc(-c2ccc(S(=O)(=O)Nc3ccc(F)cc3Cl)c(C)c2)on1. The summed E-state index contributed by atoms with van der Waals surface area (Å²) in [6.45, 7) is 3.47. The van der Waals surface area contributed by atoms with Crippen LogP contribution in [0.1, 0.15) is 11.3 Å². The third kappa shape index (κ3) is 3.67. The highest BCUT2D eigenvalue weighted by molar-refractivity contribution is 7.92. The Morgan fingerprint density at radius 1 is 1.12 bits per heavy atom. The van der Waals surface area contributed by atoms with Crippen LogP contribution in [-0.4, -0.2) is 13.6 Å². The molecule has 0 saturated carbocycles. The van der Waals surface area contributed by atoms with Crippen LogP contribution in [0.2, 0.25) is 5.02 Å². The van der Waals surface area contributed by atoms with Gasteiger partial charge in [-0.2, -0.15) is 0 Å². The van der Waals surface area contributed by atoms with Crippen LogP contribution in [0, 0.1) is 19.7 Å². The van der Waals surface area contributed by atoms with Gasteiger partial charge in [-0.15, -0.1) is 0 Å². The molecule has 0 amide bonds. The van der Waals surface area contributed by atoms with Crippen molar-refractivity contribution in [3.63, 3.8) is 0 Å². The van der Waals surface area contributed by atoms with Crippen molar-refractivity contribution >= 4 is 27.3 Å². The van der Waals surface area contributed by atoms with Crippen LogP contribution in [0.5, 0.6) is 0 Å². The molecule has 3 aromatic rings. The molecule has 2 aromatic carbocycles. The van der Waals surface area contributed by atoms with E-state index in [1.165, 1.54) is 12.1 Å². The van der Waals surface area contributed by atoms with Gasteiger partial charge in [0.25, 0.3) is 10.0 Å². The molecule has 5 nitrogen and oxygen atoms in total. The van der Waals surface area contributed by atoms with Crippen LogP contribution in [-0.2, 0) is 10.0 Å². The molecule has 0 aliphatic carbocycles. The molecule has 0 bridgehead atoms. The Hall–Kier alpha value is -2.38. The molecule has 1 N–H and O–H groups in total. The van der Waals surface area contributed by atoms with Crippen molar-refractivity contribution in [1.29, 1.82) is 0 Å². The van der Waals surface area contributed by atoms with Crippen molar-refractivity contribution in [3.05, 3.63) is 64.6 Å². The number of aryl methyl sites for hydroxylation is 2. The largest absolute Gasteiger partial charge is 0.356 e. The summed E-state index contributed by atoms with van der Waals surface area (Å²) < 4.78 is 45.9. The summed E-state index contributed by atoms with van der Waals surface area (Å²) in [7, 11) is -3.88. The lowest BCUT2D eigenvalue weighted by atomic mass is 10.1. The monoisotopic (exact) mass is 380 g/mol. The van der Waals surface area contributed by atoms with E-state index >= 15 is 0 Å². The van der Waals surface area contributed by atoms with Crippen LogP contribution in [0.25, 0.3) is 11.3 Å². The maximum absolute atomic E-state index is 13.1. The quantitative estimate of drug-likeness (QED) is 0.720. The minimum absolute atomic E-state index is 0.0185. The number of halogens is 2. The molecule has 0 saturated heterocycles. The summed E-state index contributed by atoms with van der Waals surface area (Å²) in [6, 6.07) is 10.0. The number of rotatable bonds is 4. The van der Waals surface area contributed by atoms with Gasteiger partial charge in [0.1, 0.15) is 5.82 Å². The van der Waals surface area contributed by atoms with E-state index in [0.29, 0.717) is 11.3 Å². The highest BCUT2D eigenvalue weighted by Crippen LogP contribution is 2.29. The first-order valence-electron chi connectivity index (χ1n) is 7.28. The van der Waals surface area contributed by atoms with E-state index in [1.807, 2.05) is 0 Å². The van der Waals surface area contributed by atoms with Gasteiger partial charge in [-0.05, 0) is 55.8 Å². The standard InChI is InChI=1S/C17H14ClFN2O3S/c1-10-7-12(16-8-11(2)20-24-16)3-6-17(10)25(22,23)21-15-5-4-13(19)9-14(15)18/h3-9,21H,1-2H3. The highest BCUT2D eigenvalue weighted by atomic mass is 35.5. The second kappa shape index (κ2) is 6.50. The first-order chi connectivity index (χ1) is 11.8. The predicted octanol–water partition coefficient (Wildman–Crippen LogP) is 4.55. The zero-order valence-corrected chi connectivity index (χ0v) is 15.0. The molecule has 25 heavy (non-hydrogen) atoms. The van der Waals surface area contributed by atoms with Crippen molar-refractivity contribution in [2.75, 3.05) is 4.72 Å². The number of aromatic nitrogens is 1. The number of nitrogens with zero attached hydrogens (tertiary/aromatic N) is 1. The fraction of sp³-hybridized carbons (Fsp3) is 0.118. The van der Waals surface area contributed by atoms with Crippen molar-refractivity contribution < 1.29 is 17.3 Å². The smallest absolute Gasteiger partial charge is 0.262 e. The number of nitrogens with one attached hydrogen (secondary N) is 1. The summed E-state index contributed by atoms with van der Waals surface area (Å²) in [5.41, 5.74) is 2.09. The van der Waals surface area contributed by atoms with Gasteiger partial charge in [0.2, 0.25) is 0 Å². The zero-order valence-electron chi connectivity index (χ0n) is 13.4. The lowest BCUT2D eigenvalue weighted by Crippen LogP contribution is -2.14. The maximum atomic E-state index is 13.1. The van der Waals surface area contributed by atoms with E-state index in [9.17, 15) is 12.8 Å². The molecule has 0 atom stereocenters. The van der Waals surface area contributed by atoms with Gasteiger partial charge in [-0.1, -0.05) is 16.8 Å². The molecule has 8 heteroatoms. The van der Waals surface area contributed by atoms with Crippen LogP contribution in [0.3, 0.4) is 0 Å². The highest BCUT2D eigenvalue weighted by Gasteiger charge is 2.19. The fourth-order valence-electron chi connectivity index (χ4n) is 2.38. The Bertz CT molecular complexity index is 1050. The van der Waals surface area contributed by atoms with Gasteiger partial charge < -0.3 is 4.52 Å². The molecule has 0 aliphatic rings. The predicted molar refractivity (Wildman–Crippen MR) is 93.6 cm³/mol. The Kier molecular flexibility index (Phi) is 4.53. The van der Waals surface area contributed by atoms with E-state index in [0.717, 1.165) is 23.4 Å². The lowest BCUT2D eigenvalue weighted by Gasteiger charge is -2.12. The average Bonchev–Trinajstić information content (AvgIpc) is 2.96. The number of sulfonamides is 1. The van der Waals surface area contributed by atoms with Crippen molar-refractivity contribution in [3.8, 4) is 11.3 Å². The maximum Gasteiger partial charge on any atom is 0.262 e. The first kappa shape index (κ1) is 17.4. The number of benzene rings is 2. The minimum Gasteiger partial charge on any atom is -0.356 e. The van der Waals surface area contributed by atoms with E-state index in [4.69, 9.17) is 16.1 Å². The van der Waals surface area contributed by atoms with Crippen LogP contribution in [0.15, 0.2) is 51.9 Å². The molecule has 0 fully saturated rings. The van der Waals surface area contributed by atoms with E-state index < -0.39 is 15.8 Å². The molecule has 130 valence electrons. The average molecular weight is 381 g/mol. The van der Waals surface area contributed by atoms with Crippen molar-refractivity contribution in [2.45, 2.75) is 18.7 Å². The van der Waals surface area contributed by atoms with Crippen LogP contribution in [0.4, 0.5) is 10.1 Å². The Labute approximate surface area is 149 Å². The van der Waals surface area contributed by atoms with Crippen LogP contribution < -0.4 is 4.72 Å². The van der Waals surface area contributed by atoms with Gasteiger partial charge in [-0.3, -0.25) is 4.72 Å². The van der Waals surface area contributed by atoms with E-state index in [1.54, 1.807) is 32.0 Å². The molecular weight excluding hydrogens is 367 g/mol. The summed E-state index contributed by atoms with van der Waals surface area (Å²) in [5, 5.41) is 3.80. The topological polar surface area (TPSA) is 72.2 Å². The first-order valence-corrected chi connectivity index (χ1v) is 9.14. The Balaban J connectivity index is 1.94. The van der Waals surface area contributed by atoms with Crippen molar-refractivity contribution in [2.24, 2.45) is 0 Å². The lowest BCUT2D eigenvalue weighted by molar-refractivity contribution is 0.427. The fourth-order valence-corrected chi connectivity index (χ4v) is 3.95. The number of anilines is 1. The second-order valence-corrected chi connectivity index (χ2v) is 7.60. The molecule has 0 radical (unpaired) electrons. The zero-order chi connectivity index (χ0) is 18.2. The van der Waals surface area contributed by atoms with Gasteiger partial charge in [0, 0.05) is 11.6 Å². The second-order valence-electron chi connectivity index (χ2n) is 5.54. The molecular formula is C17H14ClFN2O3S. The van der Waals surface area contributed by atoms with Gasteiger partial charge in [0.05, 0.1) is 21.3 Å². The van der Waals surface area contributed by atoms with Crippen molar-refractivity contribution in [1.82, 2.24) is 5.16 Å². The number of hydrogen-bond acceptors (Lipinski definition) is 4. The number of hydrogen-bond donors (Lipinski definition) is 1. The third-order valence-electron chi connectivity index (χ3n) is 3.55. The Morgan fingerprint density at radius 3 is 2.48 bits per heavy atom. The third-order valence-corrected chi connectivity index (χ3v) is 5.39. The molecule has 1 heterocycles. The van der Waals surface area contributed by atoms with Gasteiger partial charge in [-0.25, -0.2) is 12.8 Å². The summed E-state index contributed by atoms with van der Waals surface area (Å²) in [6.07, 6.45) is 0. The molecule has 0 spiro atoms. The van der Waals surface area contributed by atoms with Gasteiger partial charge >= 0.3 is 0 Å². The molecule has 0 unspecified atom stereocenters. The summed E-state index contributed by atoms with van der Waals surface area (Å²) >= 11 is 5.88. The summed E-state index contributed by atoms with van der Waals surface area (Å²) in [5.74, 6) is 0.00918. The molecule has 0 aliphatic heterocycles. The molecule has 3 rings (SSSR count). The summed E-state index contributed by atoms with van der Waals surface area (Å²) in [4.78, 5) is 0.0906. The van der Waals surface area contributed by atoms with Crippen LogP contribution >= 0.6 is 11.6 Å². The minimum atomic E-state index is -3.88. The van der Waals surface area contributed by atoms with Gasteiger partial charge in [0.15, 0.2) is 5.76 Å². The normalized spacial score (nSPS) is 11.5. The Morgan fingerprint density at radius 2 is 1.88 bits per heavy atom. The molecule has 1 aromatic heterocycles. The van der Waals surface area contributed by atoms with E-state index in [2.05, 4.69) is 9.88 Å². The van der Waals surface area contributed by atoms with E-state index in [-0.39, 0.29) is 15.6 Å².